The number of ketones is 2. The zero-order valence-corrected chi connectivity index (χ0v) is 17.1. The summed E-state index contributed by atoms with van der Waals surface area (Å²) in [6.07, 6.45) is 8.22. The number of halogens is 1. The summed E-state index contributed by atoms with van der Waals surface area (Å²) in [6.45, 7) is 6.26. The van der Waals surface area contributed by atoms with E-state index in [1.807, 2.05) is 6.08 Å². The Labute approximate surface area is 158 Å². The molecule has 1 N–H and O–H groups in total. The van der Waals surface area contributed by atoms with Gasteiger partial charge in [-0.15, -0.1) is 0 Å². The molecular formula is C21H29BrO3. The van der Waals surface area contributed by atoms with Crippen molar-refractivity contribution in [2.24, 2.45) is 34.5 Å². The average molecular weight is 409 g/mol. The molecule has 138 valence electrons. The van der Waals surface area contributed by atoms with E-state index in [9.17, 15) is 14.7 Å². The van der Waals surface area contributed by atoms with Crippen LogP contribution in [0.5, 0.6) is 0 Å². The molecule has 0 aromatic heterocycles. The molecule has 7 atom stereocenters. The first kappa shape index (κ1) is 17.9. The van der Waals surface area contributed by atoms with Gasteiger partial charge in [0.15, 0.2) is 5.78 Å². The van der Waals surface area contributed by atoms with Gasteiger partial charge in [-0.05, 0) is 74.7 Å². The maximum Gasteiger partial charge on any atom is 0.159 e. The summed E-state index contributed by atoms with van der Waals surface area (Å²) in [5, 5.41) is 11.2. The van der Waals surface area contributed by atoms with Crippen LogP contribution in [0, 0.1) is 34.5 Å². The molecule has 0 spiro atoms. The first-order valence-corrected chi connectivity index (χ1v) is 10.6. The van der Waals surface area contributed by atoms with Crippen LogP contribution < -0.4 is 0 Å². The van der Waals surface area contributed by atoms with Crippen molar-refractivity contribution in [3.05, 3.63) is 11.6 Å². The molecule has 3 nitrogen and oxygen atoms in total. The van der Waals surface area contributed by atoms with Crippen LogP contribution in [-0.4, -0.2) is 21.2 Å². The van der Waals surface area contributed by atoms with Crippen molar-refractivity contribution in [1.29, 1.82) is 0 Å². The monoisotopic (exact) mass is 408 g/mol. The zero-order chi connectivity index (χ0) is 18.2. The number of carbonyl (C=O) groups is 2. The van der Waals surface area contributed by atoms with Crippen LogP contribution in [0.25, 0.3) is 0 Å². The molecule has 1 unspecified atom stereocenters. The lowest BCUT2D eigenvalue weighted by molar-refractivity contribution is -0.137. The minimum atomic E-state index is -1.14. The maximum absolute atomic E-state index is 12.2. The van der Waals surface area contributed by atoms with Gasteiger partial charge in [0.05, 0.1) is 6.42 Å². The summed E-state index contributed by atoms with van der Waals surface area (Å²) in [5.74, 6) is 2.09. The van der Waals surface area contributed by atoms with Gasteiger partial charge in [-0.25, -0.2) is 0 Å². The summed E-state index contributed by atoms with van der Waals surface area (Å²) in [5.41, 5.74) is 0.882. The smallest absolute Gasteiger partial charge is 0.159 e. The molecule has 0 aliphatic heterocycles. The van der Waals surface area contributed by atoms with E-state index in [1.165, 1.54) is 0 Å². The molecule has 0 aromatic carbocycles. The van der Waals surface area contributed by atoms with Crippen LogP contribution in [0.2, 0.25) is 0 Å². The molecule has 0 saturated heterocycles. The van der Waals surface area contributed by atoms with Crippen molar-refractivity contribution in [2.75, 3.05) is 0 Å². The topological polar surface area (TPSA) is 54.4 Å². The molecule has 4 aliphatic rings. The van der Waals surface area contributed by atoms with E-state index in [-0.39, 0.29) is 29.0 Å². The predicted molar refractivity (Wildman–Crippen MR) is 100 cm³/mol. The van der Waals surface area contributed by atoms with Crippen LogP contribution >= 0.6 is 15.9 Å². The van der Waals surface area contributed by atoms with E-state index < -0.39 is 4.51 Å². The lowest BCUT2D eigenvalue weighted by Crippen LogP contribution is -2.59. The van der Waals surface area contributed by atoms with Gasteiger partial charge in [0.2, 0.25) is 0 Å². The van der Waals surface area contributed by atoms with Gasteiger partial charge in [0.1, 0.15) is 10.3 Å². The predicted octanol–water partition coefficient (Wildman–Crippen LogP) is 4.42. The average Bonchev–Trinajstić information content (AvgIpc) is 2.85. The van der Waals surface area contributed by atoms with Crippen molar-refractivity contribution in [2.45, 2.75) is 70.2 Å². The summed E-state index contributed by atoms with van der Waals surface area (Å²) < 4.78 is -1.14. The Hall–Kier alpha value is -0.480. The fourth-order valence-corrected chi connectivity index (χ4v) is 8.13. The summed E-state index contributed by atoms with van der Waals surface area (Å²) in [7, 11) is 0. The van der Waals surface area contributed by atoms with E-state index in [2.05, 4.69) is 29.8 Å². The highest BCUT2D eigenvalue weighted by atomic mass is 79.9. The number of carbonyl (C=O) groups excluding carboxylic acids is 2. The second-order valence-electron chi connectivity index (χ2n) is 9.47. The van der Waals surface area contributed by atoms with Crippen molar-refractivity contribution in [3.8, 4) is 0 Å². The number of hydrogen-bond donors (Lipinski definition) is 1. The number of rotatable bonds is 1. The third kappa shape index (κ3) is 2.25. The maximum atomic E-state index is 12.2. The Morgan fingerprint density at radius 2 is 1.92 bits per heavy atom. The summed E-state index contributed by atoms with van der Waals surface area (Å²) in [6, 6.07) is 0. The second-order valence-corrected chi connectivity index (χ2v) is 10.8. The zero-order valence-electron chi connectivity index (χ0n) is 15.5. The van der Waals surface area contributed by atoms with Gasteiger partial charge in [0, 0.05) is 11.3 Å². The van der Waals surface area contributed by atoms with E-state index in [1.54, 1.807) is 6.92 Å². The van der Waals surface area contributed by atoms with Gasteiger partial charge in [0.25, 0.3) is 0 Å². The molecule has 3 fully saturated rings. The van der Waals surface area contributed by atoms with E-state index in [4.69, 9.17) is 0 Å². The Kier molecular flexibility index (Phi) is 3.95. The van der Waals surface area contributed by atoms with Gasteiger partial charge < -0.3 is 5.11 Å². The number of fused-ring (bicyclic) bond motifs is 5. The molecule has 4 aliphatic carbocycles. The van der Waals surface area contributed by atoms with Gasteiger partial charge >= 0.3 is 0 Å². The molecule has 0 radical (unpaired) electrons. The standard InChI is InChI=1S/C21H29BrO3/c1-12(23)16-6-7-17-15-5-4-13-10-14(24)11-21(22,25)20(13,3)18(15)8-9-19(16,17)2/h10,15-18,25H,4-9,11H2,1-3H3/t15-,16+,17-,18-,19+,20-,21?/m0/s1. The highest BCUT2D eigenvalue weighted by Crippen LogP contribution is 2.68. The third-order valence-corrected chi connectivity index (χ3v) is 9.73. The number of Topliss-reactive ketones (excluding diaryl/α,β-unsaturated/α-hetero) is 1. The Bertz CT molecular complexity index is 666. The summed E-state index contributed by atoms with van der Waals surface area (Å²) in [4.78, 5) is 24.3. The van der Waals surface area contributed by atoms with Crippen LogP contribution in [0.1, 0.15) is 65.7 Å². The second kappa shape index (κ2) is 5.51. The number of hydrogen-bond acceptors (Lipinski definition) is 3. The molecule has 3 saturated carbocycles. The SMILES string of the molecule is CC(=O)[C@H]1CC[C@H]2[C@@H]3CCC4=CC(=O)CC(O)(Br)[C@]4(C)[C@H]3CC[C@]12C. The molecule has 4 rings (SSSR count). The van der Waals surface area contributed by atoms with Gasteiger partial charge in [-0.1, -0.05) is 35.4 Å². The van der Waals surface area contributed by atoms with Crippen LogP contribution in [0.3, 0.4) is 0 Å². The molecule has 0 bridgehead atoms. The largest absolute Gasteiger partial charge is 0.377 e. The molecule has 25 heavy (non-hydrogen) atoms. The van der Waals surface area contributed by atoms with Gasteiger partial charge in [-0.3, -0.25) is 9.59 Å². The fourth-order valence-electron chi connectivity index (χ4n) is 7.31. The highest BCUT2D eigenvalue weighted by Gasteiger charge is 2.64. The van der Waals surface area contributed by atoms with E-state index in [0.29, 0.717) is 23.5 Å². The van der Waals surface area contributed by atoms with E-state index in [0.717, 1.165) is 44.1 Å². The Morgan fingerprint density at radius 3 is 2.60 bits per heavy atom. The molecule has 0 aromatic rings. The molecule has 0 amide bonds. The molecule has 4 heteroatoms. The minimum absolute atomic E-state index is 0.0310. The fraction of sp³-hybridized carbons (Fsp3) is 0.810. The van der Waals surface area contributed by atoms with Crippen molar-refractivity contribution < 1.29 is 14.7 Å². The van der Waals surface area contributed by atoms with Crippen LogP contribution in [0.15, 0.2) is 11.6 Å². The van der Waals surface area contributed by atoms with Gasteiger partial charge in [-0.2, -0.15) is 0 Å². The van der Waals surface area contributed by atoms with E-state index >= 15 is 0 Å². The first-order chi connectivity index (χ1) is 11.6. The first-order valence-electron chi connectivity index (χ1n) is 9.77. The van der Waals surface area contributed by atoms with Crippen molar-refractivity contribution in [3.63, 3.8) is 0 Å². The quantitative estimate of drug-likeness (QED) is 0.653. The molecule has 0 heterocycles. The van der Waals surface area contributed by atoms with Crippen LogP contribution in [0.4, 0.5) is 0 Å². The Morgan fingerprint density at radius 1 is 1.20 bits per heavy atom. The van der Waals surface area contributed by atoms with Crippen molar-refractivity contribution in [1.82, 2.24) is 0 Å². The normalized spacial score (nSPS) is 52.0. The third-order valence-electron chi connectivity index (χ3n) is 8.62. The number of aliphatic hydroxyl groups is 1. The summed E-state index contributed by atoms with van der Waals surface area (Å²) >= 11 is 3.55. The molecular weight excluding hydrogens is 380 g/mol. The lowest BCUT2D eigenvalue weighted by Gasteiger charge is -2.61. The van der Waals surface area contributed by atoms with Crippen molar-refractivity contribution >= 4 is 27.5 Å². The Balaban J connectivity index is 1.73. The number of alkyl halides is 1. The lowest BCUT2D eigenvalue weighted by atomic mass is 9.46. The minimum Gasteiger partial charge on any atom is -0.377 e. The highest BCUT2D eigenvalue weighted by molar-refractivity contribution is 9.10. The van der Waals surface area contributed by atoms with Crippen LogP contribution in [-0.2, 0) is 9.59 Å².